The average Bonchev–Trinajstić information content (AvgIpc) is 2.86. The summed E-state index contributed by atoms with van der Waals surface area (Å²) in [5.74, 6) is -3.32. The van der Waals surface area contributed by atoms with Gasteiger partial charge in [0, 0.05) is 62.7 Å². The maximum atomic E-state index is 13.5. The highest BCUT2D eigenvalue weighted by Gasteiger charge is 2.29. The number of nitrogens with one attached hydrogen (secondary N) is 1. The fourth-order valence-electron chi connectivity index (χ4n) is 3.65. The van der Waals surface area contributed by atoms with E-state index in [2.05, 4.69) is 9.88 Å². The van der Waals surface area contributed by atoms with Crippen LogP contribution in [0.4, 0.5) is 23.2 Å². The van der Waals surface area contributed by atoms with E-state index in [1.165, 1.54) is 22.9 Å². The number of rotatable bonds is 9. The largest absolute Gasteiger partial charge is 0.482 e. The summed E-state index contributed by atoms with van der Waals surface area (Å²) < 4.78 is 57.0. The van der Waals surface area contributed by atoms with Crippen LogP contribution in [0.2, 0.25) is 0 Å². The standard InChI is InChI=1S/C20H24F4N4O3.C4H4O4/c1-14-12-25-19(30)28(18(14)29)6-2-5-26-7-9-27(10-8-26)16-4-3-15(21)11-17(16)31-13-20(22,23)24;5-3(6)1-2-4(7)8/h3-4,11-12H,2,5-10,13H2,1H3,(H,25,30);1-2H,(H,5,6)(H,7,8). The zero-order chi connectivity index (χ0) is 29.2. The van der Waals surface area contributed by atoms with Crippen LogP contribution in [-0.4, -0.2) is 82.1 Å². The number of piperazine rings is 1. The number of aromatic nitrogens is 2. The number of aliphatic carboxylic acids is 2. The van der Waals surface area contributed by atoms with Gasteiger partial charge in [0.2, 0.25) is 0 Å². The molecule has 2 aromatic rings. The molecule has 3 N–H and O–H groups in total. The molecule has 214 valence electrons. The number of H-pyrrole nitrogens is 1. The number of hydrogen-bond acceptors (Lipinski definition) is 7. The molecule has 15 heteroatoms. The summed E-state index contributed by atoms with van der Waals surface area (Å²) in [6.07, 6.45) is -1.40. The topological polar surface area (TPSA) is 145 Å². The Kier molecular flexibility index (Phi) is 11.3. The van der Waals surface area contributed by atoms with Crippen molar-refractivity contribution >= 4 is 17.6 Å². The number of alkyl halides is 3. The summed E-state index contributed by atoms with van der Waals surface area (Å²) >= 11 is 0. The Morgan fingerprint density at radius 2 is 1.67 bits per heavy atom. The van der Waals surface area contributed by atoms with E-state index in [-0.39, 0.29) is 11.3 Å². The number of halogens is 4. The van der Waals surface area contributed by atoms with Gasteiger partial charge in [-0.25, -0.2) is 18.8 Å². The molecule has 0 amide bonds. The molecule has 0 saturated carbocycles. The van der Waals surface area contributed by atoms with Crippen LogP contribution in [0.3, 0.4) is 0 Å². The quantitative estimate of drug-likeness (QED) is 0.309. The number of aromatic amines is 1. The minimum Gasteiger partial charge on any atom is -0.482 e. The number of aryl methyl sites for hydroxylation is 1. The van der Waals surface area contributed by atoms with Crippen LogP contribution < -0.4 is 20.9 Å². The lowest BCUT2D eigenvalue weighted by Gasteiger charge is -2.36. The summed E-state index contributed by atoms with van der Waals surface area (Å²) in [5, 5.41) is 15.6. The Morgan fingerprint density at radius 1 is 1.05 bits per heavy atom. The van der Waals surface area contributed by atoms with Gasteiger partial charge in [-0.05, 0) is 32.0 Å². The smallest absolute Gasteiger partial charge is 0.422 e. The highest BCUT2D eigenvalue weighted by atomic mass is 19.4. The number of anilines is 1. The second-order valence-corrected chi connectivity index (χ2v) is 8.44. The van der Waals surface area contributed by atoms with Crippen molar-refractivity contribution in [1.29, 1.82) is 0 Å². The van der Waals surface area contributed by atoms with Crippen LogP contribution in [0.1, 0.15) is 12.0 Å². The fraction of sp³-hybridized carbons (Fsp3) is 0.417. The molecule has 1 saturated heterocycles. The molecule has 1 aromatic carbocycles. The molecule has 39 heavy (non-hydrogen) atoms. The minimum absolute atomic E-state index is 0.135. The van der Waals surface area contributed by atoms with E-state index < -0.39 is 36.2 Å². The van der Waals surface area contributed by atoms with Crippen LogP contribution >= 0.6 is 0 Å². The first-order valence-electron chi connectivity index (χ1n) is 11.7. The zero-order valence-corrected chi connectivity index (χ0v) is 20.9. The number of carboxylic acids is 2. The minimum atomic E-state index is -4.51. The number of hydrogen-bond donors (Lipinski definition) is 3. The van der Waals surface area contributed by atoms with E-state index in [9.17, 15) is 36.7 Å². The number of carbonyl (C=O) groups is 2. The van der Waals surface area contributed by atoms with Gasteiger partial charge in [0.25, 0.3) is 5.56 Å². The Labute approximate surface area is 219 Å². The van der Waals surface area contributed by atoms with Crippen molar-refractivity contribution < 1.29 is 42.1 Å². The predicted molar refractivity (Wildman–Crippen MR) is 132 cm³/mol. The van der Waals surface area contributed by atoms with E-state index in [0.29, 0.717) is 69.1 Å². The Balaban J connectivity index is 0.000000580. The second-order valence-electron chi connectivity index (χ2n) is 8.44. The van der Waals surface area contributed by atoms with E-state index in [1.807, 2.05) is 4.90 Å². The molecule has 2 heterocycles. The van der Waals surface area contributed by atoms with E-state index >= 15 is 0 Å². The maximum absolute atomic E-state index is 13.5. The molecule has 0 atom stereocenters. The van der Waals surface area contributed by atoms with Crippen molar-refractivity contribution in [2.24, 2.45) is 0 Å². The number of nitrogens with zero attached hydrogens (tertiary/aromatic N) is 3. The van der Waals surface area contributed by atoms with Gasteiger partial charge in [-0.1, -0.05) is 0 Å². The van der Waals surface area contributed by atoms with Crippen LogP contribution in [-0.2, 0) is 16.1 Å². The third-order valence-electron chi connectivity index (χ3n) is 5.49. The molecule has 3 rings (SSSR count). The molecule has 0 radical (unpaired) electrons. The van der Waals surface area contributed by atoms with Gasteiger partial charge in [0.05, 0.1) is 5.69 Å². The molecule has 0 spiro atoms. The molecule has 0 aliphatic carbocycles. The van der Waals surface area contributed by atoms with Gasteiger partial charge in [-0.3, -0.25) is 14.3 Å². The number of benzene rings is 1. The normalized spacial score (nSPS) is 14.1. The average molecular weight is 561 g/mol. The van der Waals surface area contributed by atoms with Crippen molar-refractivity contribution in [1.82, 2.24) is 14.5 Å². The van der Waals surface area contributed by atoms with Crippen molar-refractivity contribution in [3.05, 3.63) is 68.8 Å². The summed E-state index contributed by atoms with van der Waals surface area (Å²) in [4.78, 5) is 49.5. The van der Waals surface area contributed by atoms with E-state index in [0.717, 1.165) is 6.07 Å². The van der Waals surface area contributed by atoms with Crippen LogP contribution in [0, 0.1) is 12.7 Å². The van der Waals surface area contributed by atoms with Crippen LogP contribution in [0.5, 0.6) is 5.75 Å². The lowest BCUT2D eigenvalue weighted by molar-refractivity contribution is -0.153. The summed E-state index contributed by atoms with van der Waals surface area (Å²) in [6, 6.07) is 3.58. The predicted octanol–water partition coefficient (Wildman–Crippen LogP) is 1.85. The first-order chi connectivity index (χ1) is 18.3. The molecule has 11 nitrogen and oxygen atoms in total. The summed E-state index contributed by atoms with van der Waals surface area (Å²) in [6.45, 7) is 3.43. The molecular weight excluding hydrogens is 532 g/mol. The van der Waals surface area contributed by atoms with E-state index in [1.54, 1.807) is 6.92 Å². The lowest BCUT2D eigenvalue weighted by Crippen LogP contribution is -2.47. The van der Waals surface area contributed by atoms with E-state index in [4.69, 9.17) is 14.9 Å². The van der Waals surface area contributed by atoms with Crippen molar-refractivity contribution in [2.75, 3.05) is 44.2 Å². The summed E-state index contributed by atoms with van der Waals surface area (Å²) in [7, 11) is 0. The van der Waals surface area contributed by atoms with Gasteiger partial charge in [0.1, 0.15) is 11.6 Å². The molecule has 1 aromatic heterocycles. The Bertz CT molecular complexity index is 1270. The molecule has 0 bridgehead atoms. The SMILES string of the molecule is Cc1c[nH]c(=O)n(CCCN2CCN(c3ccc(F)cc3OCC(F)(F)F)CC2)c1=O.O=C(O)C=CC(=O)O. The molecular formula is C24H28F4N4O7. The molecule has 1 aliphatic rings. The molecule has 1 aliphatic heterocycles. The number of carboxylic acid groups (broad SMARTS) is 2. The van der Waals surface area contributed by atoms with Crippen molar-refractivity contribution in [3.8, 4) is 5.75 Å². The third kappa shape index (κ3) is 10.6. The highest BCUT2D eigenvalue weighted by Crippen LogP contribution is 2.31. The molecule has 0 unspecified atom stereocenters. The Morgan fingerprint density at radius 3 is 2.23 bits per heavy atom. The Hall–Kier alpha value is -4.14. The van der Waals surface area contributed by atoms with Gasteiger partial charge in [0.15, 0.2) is 6.61 Å². The van der Waals surface area contributed by atoms with Crippen LogP contribution in [0.15, 0.2) is 46.1 Å². The third-order valence-corrected chi connectivity index (χ3v) is 5.49. The lowest BCUT2D eigenvalue weighted by atomic mass is 10.2. The van der Waals surface area contributed by atoms with Gasteiger partial charge in [-0.2, -0.15) is 13.2 Å². The van der Waals surface area contributed by atoms with Crippen molar-refractivity contribution in [2.45, 2.75) is 26.1 Å². The molecule has 1 fully saturated rings. The highest BCUT2D eigenvalue weighted by molar-refractivity contribution is 5.89. The first-order valence-corrected chi connectivity index (χ1v) is 11.7. The van der Waals surface area contributed by atoms with Crippen molar-refractivity contribution in [3.63, 3.8) is 0 Å². The monoisotopic (exact) mass is 560 g/mol. The van der Waals surface area contributed by atoms with Crippen LogP contribution in [0.25, 0.3) is 0 Å². The first kappa shape index (κ1) is 31.1. The maximum Gasteiger partial charge on any atom is 0.422 e. The van der Waals surface area contributed by atoms with Gasteiger partial charge >= 0.3 is 23.8 Å². The summed E-state index contributed by atoms with van der Waals surface area (Å²) in [5.41, 5.74) is 0.138. The fourth-order valence-corrected chi connectivity index (χ4v) is 3.65. The number of ether oxygens (including phenoxy) is 1. The second kappa shape index (κ2) is 14.1. The van der Waals surface area contributed by atoms with Gasteiger partial charge in [-0.15, -0.1) is 0 Å². The zero-order valence-electron chi connectivity index (χ0n) is 20.9. The van der Waals surface area contributed by atoms with Gasteiger partial charge < -0.3 is 24.8 Å².